The first-order valence-corrected chi connectivity index (χ1v) is 5.72. The van der Waals surface area contributed by atoms with Gasteiger partial charge in [0, 0.05) is 18.4 Å². The molecule has 0 aromatic heterocycles. The second-order valence-corrected chi connectivity index (χ2v) is 4.29. The van der Waals surface area contributed by atoms with Crippen LogP contribution in [0.15, 0.2) is 42.5 Å². The highest BCUT2D eigenvalue weighted by atomic mass is 15.1. The zero-order valence-corrected chi connectivity index (χ0v) is 10.5. The lowest BCUT2D eigenvalue weighted by atomic mass is 10.1. The van der Waals surface area contributed by atoms with Gasteiger partial charge in [0.2, 0.25) is 0 Å². The van der Waals surface area contributed by atoms with Gasteiger partial charge in [0.1, 0.15) is 6.07 Å². The Morgan fingerprint density at radius 3 is 2.61 bits per heavy atom. The summed E-state index contributed by atoms with van der Waals surface area (Å²) in [5, 5.41) is 9.16. The average molecular weight is 237 g/mol. The fourth-order valence-electron chi connectivity index (χ4n) is 1.91. The third kappa shape index (κ3) is 2.28. The van der Waals surface area contributed by atoms with E-state index in [1.165, 1.54) is 5.56 Å². The Hall–Kier alpha value is -2.47. The number of hydrogen-bond donors (Lipinski definition) is 1. The van der Waals surface area contributed by atoms with Crippen molar-refractivity contribution in [1.82, 2.24) is 0 Å². The van der Waals surface area contributed by atoms with E-state index in [0.717, 1.165) is 11.4 Å². The second kappa shape index (κ2) is 4.80. The minimum absolute atomic E-state index is 0.582. The SMILES string of the molecule is Cc1cccc(N(C)c2ccc(N)cc2C#N)c1. The van der Waals surface area contributed by atoms with Crippen molar-refractivity contribution in [3.8, 4) is 6.07 Å². The first-order chi connectivity index (χ1) is 8.61. The Morgan fingerprint density at radius 2 is 1.94 bits per heavy atom. The van der Waals surface area contributed by atoms with Crippen molar-refractivity contribution in [2.75, 3.05) is 17.7 Å². The van der Waals surface area contributed by atoms with E-state index in [4.69, 9.17) is 11.0 Å². The summed E-state index contributed by atoms with van der Waals surface area (Å²) in [7, 11) is 1.95. The van der Waals surface area contributed by atoms with Crippen LogP contribution in [0.4, 0.5) is 17.1 Å². The number of nitrogen functional groups attached to an aromatic ring is 1. The van der Waals surface area contributed by atoms with Gasteiger partial charge in [-0.1, -0.05) is 12.1 Å². The first-order valence-electron chi connectivity index (χ1n) is 5.72. The Kier molecular flexibility index (Phi) is 3.20. The highest BCUT2D eigenvalue weighted by molar-refractivity contribution is 5.71. The van der Waals surface area contributed by atoms with E-state index in [9.17, 15) is 0 Å². The number of nitriles is 1. The number of hydrogen-bond acceptors (Lipinski definition) is 3. The maximum atomic E-state index is 9.16. The molecule has 18 heavy (non-hydrogen) atoms. The van der Waals surface area contributed by atoms with Crippen molar-refractivity contribution in [3.05, 3.63) is 53.6 Å². The lowest BCUT2D eigenvalue weighted by molar-refractivity contribution is 1.19. The number of benzene rings is 2. The molecule has 2 aromatic rings. The van der Waals surface area contributed by atoms with Crippen LogP contribution < -0.4 is 10.6 Å². The van der Waals surface area contributed by atoms with Crippen LogP contribution in [0.3, 0.4) is 0 Å². The molecule has 0 bridgehead atoms. The van der Waals surface area contributed by atoms with E-state index in [1.54, 1.807) is 6.07 Å². The Bertz CT molecular complexity index is 611. The number of aryl methyl sites for hydroxylation is 1. The molecule has 0 saturated heterocycles. The second-order valence-electron chi connectivity index (χ2n) is 4.29. The zero-order chi connectivity index (χ0) is 13.1. The van der Waals surface area contributed by atoms with Crippen molar-refractivity contribution in [1.29, 1.82) is 5.26 Å². The van der Waals surface area contributed by atoms with E-state index in [0.29, 0.717) is 11.3 Å². The smallest absolute Gasteiger partial charge is 0.101 e. The molecule has 2 aromatic carbocycles. The maximum absolute atomic E-state index is 9.16. The summed E-state index contributed by atoms with van der Waals surface area (Å²) in [6, 6.07) is 15.7. The van der Waals surface area contributed by atoms with Gasteiger partial charge >= 0.3 is 0 Å². The molecule has 0 heterocycles. The summed E-state index contributed by atoms with van der Waals surface area (Å²) in [6.45, 7) is 2.05. The largest absolute Gasteiger partial charge is 0.399 e. The molecular weight excluding hydrogens is 222 g/mol. The molecule has 0 atom stereocenters. The van der Waals surface area contributed by atoms with E-state index in [-0.39, 0.29) is 0 Å². The van der Waals surface area contributed by atoms with Crippen LogP contribution in [0.2, 0.25) is 0 Å². The molecule has 2 N–H and O–H groups in total. The Morgan fingerprint density at radius 1 is 1.17 bits per heavy atom. The molecular formula is C15H15N3. The third-order valence-electron chi connectivity index (χ3n) is 2.89. The minimum atomic E-state index is 0.582. The predicted molar refractivity (Wildman–Crippen MR) is 74.8 cm³/mol. The van der Waals surface area contributed by atoms with Crippen LogP contribution in [-0.2, 0) is 0 Å². The van der Waals surface area contributed by atoms with Crippen molar-refractivity contribution >= 4 is 17.1 Å². The van der Waals surface area contributed by atoms with Crippen LogP contribution in [-0.4, -0.2) is 7.05 Å². The quantitative estimate of drug-likeness (QED) is 0.816. The molecule has 0 unspecified atom stereocenters. The third-order valence-corrected chi connectivity index (χ3v) is 2.89. The summed E-state index contributed by atoms with van der Waals surface area (Å²) in [5.74, 6) is 0. The lowest BCUT2D eigenvalue weighted by Crippen LogP contribution is -2.11. The van der Waals surface area contributed by atoms with Crippen molar-refractivity contribution < 1.29 is 0 Å². The molecule has 3 heteroatoms. The topological polar surface area (TPSA) is 53.0 Å². The van der Waals surface area contributed by atoms with Gasteiger partial charge in [-0.05, 0) is 42.8 Å². The maximum Gasteiger partial charge on any atom is 0.101 e. The van der Waals surface area contributed by atoms with E-state index >= 15 is 0 Å². The number of nitrogens with zero attached hydrogens (tertiary/aromatic N) is 2. The number of nitrogens with two attached hydrogens (primary N) is 1. The van der Waals surface area contributed by atoms with Crippen molar-refractivity contribution in [3.63, 3.8) is 0 Å². The van der Waals surface area contributed by atoms with Crippen LogP contribution in [0.25, 0.3) is 0 Å². The van der Waals surface area contributed by atoms with Gasteiger partial charge in [-0.25, -0.2) is 0 Å². The summed E-state index contributed by atoms with van der Waals surface area (Å²) < 4.78 is 0. The first kappa shape index (κ1) is 12.0. The molecule has 0 radical (unpaired) electrons. The van der Waals surface area contributed by atoms with Crippen LogP contribution in [0.5, 0.6) is 0 Å². The lowest BCUT2D eigenvalue weighted by Gasteiger charge is -2.21. The zero-order valence-electron chi connectivity index (χ0n) is 10.5. The highest BCUT2D eigenvalue weighted by Gasteiger charge is 2.09. The molecule has 3 nitrogen and oxygen atoms in total. The summed E-state index contributed by atoms with van der Waals surface area (Å²) >= 11 is 0. The molecule has 0 aliphatic rings. The molecule has 0 amide bonds. The molecule has 0 aliphatic carbocycles. The predicted octanol–water partition coefficient (Wildman–Crippen LogP) is 3.22. The average Bonchev–Trinajstić information content (AvgIpc) is 2.37. The summed E-state index contributed by atoms with van der Waals surface area (Å²) in [4.78, 5) is 1.99. The minimum Gasteiger partial charge on any atom is -0.399 e. The summed E-state index contributed by atoms with van der Waals surface area (Å²) in [6.07, 6.45) is 0. The number of anilines is 3. The molecule has 90 valence electrons. The molecule has 2 rings (SSSR count). The Labute approximate surface area is 107 Å². The summed E-state index contributed by atoms with van der Waals surface area (Å²) in [5.41, 5.74) is 9.98. The monoisotopic (exact) mass is 237 g/mol. The molecule has 0 fully saturated rings. The number of rotatable bonds is 2. The standard InChI is InChI=1S/C15H15N3/c1-11-4-3-5-14(8-11)18(2)15-7-6-13(17)9-12(15)10-16/h3-9H,17H2,1-2H3. The van der Waals surface area contributed by atoms with Crippen molar-refractivity contribution in [2.45, 2.75) is 6.92 Å². The van der Waals surface area contributed by atoms with Crippen LogP contribution in [0, 0.1) is 18.3 Å². The van der Waals surface area contributed by atoms with Gasteiger partial charge in [0.05, 0.1) is 11.3 Å². The van der Waals surface area contributed by atoms with E-state index in [2.05, 4.69) is 12.1 Å². The van der Waals surface area contributed by atoms with Gasteiger partial charge in [0.15, 0.2) is 0 Å². The van der Waals surface area contributed by atoms with Gasteiger partial charge in [-0.15, -0.1) is 0 Å². The molecule has 0 saturated carbocycles. The van der Waals surface area contributed by atoms with Gasteiger partial charge in [-0.2, -0.15) is 5.26 Å². The van der Waals surface area contributed by atoms with Gasteiger partial charge in [-0.3, -0.25) is 0 Å². The molecule has 0 spiro atoms. The van der Waals surface area contributed by atoms with Gasteiger partial charge < -0.3 is 10.6 Å². The van der Waals surface area contributed by atoms with Crippen LogP contribution in [0.1, 0.15) is 11.1 Å². The van der Waals surface area contributed by atoms with Gasteiger partial charge in [0.25, 0.3) is 0 Å². The fraction of sp³-hybridized carbons (Fsp3) is 0.133. The van der Waals surface area contributed by atoms with E-state index < -0.39 is 0 Å². The Balaban J connectivity index is 2.46. The fourth-order valence-corrected chi connectivity index (χ4v) is 1.91. The van der Waals surface area contributed by atoms with Crippen molar-refractivity contribution in [2.24, 2.45) is 0 Å². The normalized spacial score (nSPS) is 9.83. The molecule has 0 aliphatic heterocycles. The highest BCUT2D eigenvalue weighted by Crippen LogP contribution is 2.28. The van der Waals surface area contributed by atoms with E-state index in [1.807, 2.05) is 49.2 Å². The van der Waals surface area contributed by atoms with Crippen LogP contribution >= 0.6 is 0 Å².